The molecular formula is C47H58N10O6. The fourth-order valence-electron chi connectivity index (χ4n) is 10.7. The standard InChI is InChI=1S/C47H58N10O6/c1-30-38-26-50-46(52-43(38)57(34-6-3-4-7-34)45(61)42(30)31(2)58)51-40-10-9-35(25-49-40)54-17-15-53(16-18-54)19-21-62-20-12-41(59)55-28-47(29-55)13-11-32-22-37-33(23-39(32)63-47)27-56(44(37)60)36-8-5-14-48-24-36/h9-10,22-23,25-26,34,36,48H,3-8,11-21,24,27-29H2,1-2H3,(H,49,50,51,52). The van der Waals surface area contributed by atoms with Gasteiger partial charge in [-0.2, -0.15) is 4.98 Å². The van der Waals surface area contributed by atoms with E-state index in [4.69, 9.17) is 14.5 Å². The molecule has 4 fully saturated rings. The highest BCUT2D eigenvalue weighted by Gasteiger charge is 2.49. The Labute approximate surface area is 367 Å². The number of aromatic nitrogens is 4. The number of benzene rings is 1. The average molecular weight is 859 g/mol. The second kappa shape index (κ2) is 17.3. The lowest BCUT2D eigenvalue weighted by atomic mass is 9.83. The molecule has 63 heavy (non-hydrogen) atoms. The first kappa shape index (κ1) is 41.6. The smallest absolute Gasteiger partial charge is 0.263 e. The maximum Gasteiger partial charge on any atom is 0.263 e. The minimum atomic E-state index is -0.344. The Hall–Kier alpha value is -5.45. The predicted molar refractivity (Wildman–Crippen MR) is 238 cm³/mol. The number of hydrogen-bond donors (Lipinski definition) is 2. The average Bonchev–Trinajstić information content (AvgIpc) is 3.93. The maximum atomic E-state index is 13.6. The van der Waals surface area contributed by atoms with Gasteiger partial charge in [-0.1, -0.05) is 12.8 Å². The number of aryl methyl sites for hydroxylation is 2. The van der Waals surface area contributed by atoms with E-state index in [2.05, 4.69) is 42.5 Å². The van der Waals surface area contributed by atoms with Gasteiger partial charge in [0.25, 0.3) is 11.5 Å². The van der Waals surface area contributed by atoms with E-state index in [0.717, 1.165) is 125 Å². The van der Waals surface area contributed by atoms with Gasteiger partial charge in [-0.25, -0.2) is 9.97 Å². The van der Waals surface area contributed by atoms with Gasteiger partial charge in [-0.15, -0.1) is 0 Å². The number of pyridine rings is 2. The molecule has 10 rings (SSSR count). The second-order valence-electron chi connectivity index (χ2n) is 18.4. The van der Waals surface area contributed by atoms with E-state index in [1.165, 1.54) is 6.92 Å². The molecule has 6 aliphatic rings. The van der Waals surface area contributed by atoms with E-state index in [0.29, 0.717) is 67.6 Å². The van der Waals surface area contributed by atoms with E-state index >= 15 is 0 Å². The molecule has 5 aliphatic heterocycles. The van der Waals surface area contributed by atoms with Gasteiger partial charge < -0.3 is 34.8 Å². The number of nitrogens with zero attached hydrogens (tertiary/aromatic N) is 8. The van der Waals surface area contributed by atoms with Crippen molar-refractivity contribution in [3.8, 4) is 5.75 Å². The summed E-state index contributed by atoms with van der Waals surface area (Å²) in [7, 11) is 0. The van der Waals surface area contributed by atoms with Crippen molar-refractivity contribution >= 4 is 46.1 Å². The lowest BCUT2D eigenvalue weighted by Crippen LogP contribution is -2.67. The van der Waals surface area contributed by atoms with Crippen LogP contribution in [0.15, 0.2) is 41.5 Å². The molecule has 16 nitrogen and oxygen atoms in total. The summed E-state index contributed by atoms with van der Waals surface area (Å²) in [5, 5.41) is 7.36. The molecule has 8 heterocycles. The molecule has 1 spiro atoms. The number of hydrogen-bond acceptors (Lipinski definition) is 13. The highest BCUT2D eigenvalue weighted by Crippen LogP contribution is 2.42. The van der Waals surface area contributed by atoms with Gasteiger partial charge in [0.15, 0.2) is 5.78 Å². The summed E-state index contributed by atoms with van der Waals surface area (Å²) in [6.45, 7) is 12.2. The number of nitrogens with one attached hydrogen (secondary N) is 2. The zero-order chi connectivity index (χ0) is 43.2. The number of carbonyl (C=O) groups excluding carboxylic acids is 3. The van der Waals surface area contributed by atoms with Crippen molar-refractivity contribution in [3.63, 3.8) is 0 Å². The summed E-state index contributed by atoms with van der Waals surface area (Å²) in [4.78, 5) is 75.0. The number of carbonyl (C=O) groups is 3. The Balaban J connectivity index is 0.648. The number of rotatable bonds is 12. The minimum Gasteiger partial charge on any atom is -0.483 e. The molecule has 1 atom stereocenters. The van der Waals surface area contributed by atoms with Crippen LogP contribution >= 0.6 is 0 Å². The number of piperidine rings is 1. The van der Waals surface area contributed by atoms with E-state index in [1.807, 2.05) is 28.1 Å². The van der Waals surface area contributed by atoms with Crippen LogP contribution in [0.2, 0.25) is 0 Å². The van der Waals surface area contributed by atoms with Crippen LogP contribution in [0.25, 0.3) is 11.0 Å². The predicted octanol–water partition coefficient (Wildman–Crippen LogP) is 4.40. The first-order valence-corrected chi connectivity index (χ1v) is 23.0. The summed E-state index contributed by atoms with van der Waals surface area (Å²) in [6, 6.07) is 8.36. The lowest BCUT2D eigenvalue weighted by Gasteiger charge is -2.51. The van der Waals surface area contributed by atoms with Crippen LogP contribution in [0.3, 0.4) is 0 Å². The second-order valence-corrected chi connectivity index (χ2v) is 18.4. The summed E-state index contributed by atoms with van der Waals surface area (Å²) in [5.41, 5.74) is 4.78. The van der Waals surface area contributed by atoms with Crippen molar-refractivity contribution in [1.82, 2.24) is 39.5 Å². The molecule has 4 aromatic rings. The van der Waals surface area contributed by atoms with Crippen LogP contribution in [0.5, 0.6) is 5.75 Å². The molecule has 2 amide bonds. The number of ketones is 1. The van der Waals surface area contributed by atoms with E-state index in [1.54, 1.807) is 17.7 Å². The Bertz CT molecular complexity index is 2470. The van der Waals surface area contributed by atoms with E-state index < -0.39 is 0 Å². The third-order valence-corrected chi connectivity index (χ3v) is 14.3. The molecule has 1 aliphatic carbocycles. The summed E-state index contributed by atoms with van der Waals surface area (Å²) in [6.07, 6.45) is 11.6. The van der Waals surface area contributed by atoms with Crippen LogP contribution in [0.4, 0.5) is 17.5 Å². The maximum absolute atomic E-state index is 13.6. The van der Waals surface area contributed by atoms with Gasteiger partial charge in [0.05, 0.1) is 50.2 Å². The Morgan fingerprint density at radius 3 is 2.52 bits per heavy atom. The minimum absolute atomic E-state index is 0.0129. The van der Waals surface area contributed by atoms with Crippen LogP contribution < -0.4 is 25.8 Å². The van der Waals surface area contributed by atoms with Gasteiger partial charge >= 0.3 is 0 Å². The van der Waals surface area contributed by atoms with Gasteiger partial charge in [-0.3, -0.25) is 28.6 Å². The van der Waals surface area contributed by atoms with Crippen molar-refractivity contribution < 1.29 is 23.9 Å². The quantitative estimate of drug-likeness (QED) is 0.152. The number of ether oxygens (including phenoxy) is 2. The van der Waals surface area contributed by atoms with Gasteiger partial charge in [0, 0.05) is 75.0 Å². The normalized spacial score (nSPS) is 21.1. The number of Topliss-reactive ketones (excluding diaryl/α,β-unsaturated/α-hetero) is 1. The summed E-state index contributed by atoms with van der Waals surface area (Å²) in [5.74, 6) is 1.83. The van der Waals surface area contributed by atoms with Crippen LogP contribution in [-0.4, -0.2) is 136 Å². The fraction of sp³-hybridized carbons (Fsp3) is 0.553. The van der Waals surface area contributed by atoms with Crippen LogP contribution in [0.1, 0.15) is 102 Å². The molecule has 1 saturated carbocycles. The first-order chi connectivity index (χ1) is 30.6. The molecule has 332 valence electrons. The number of likely N-dealkylation sites (tertiary alicyclic amines) is 1. The first-order valence-electron chi connectivity index (χ1n) is 23.0. The molecule has 0 radical (unpaired) electrons. The number of amides is 2. The van der Waals surface area contributed by atoms with Crippen LogP contribution in [0, 0.1) is 6.92 Å². The zero-order valence-electron chi connectivity index (χ0n) is 36.5. The number of fused-ring (bicyclic) bond motifs is 3. The third-order valence-electron chi connectivity index (χ3n) is 14.3. The fourth-order valence-corrected chi connectivity index (χ4v) is 10.7. The highest BCUT2D eigenvalue weighted by atomic mass is 16.5. The van der Waals surface area contributed by atoms with Crippen molar-refractivity contribution in [1.29, 1.82) is 0 Å². The summed E-state index contributed by atoms with van der Waals surface area (Å²) >= 11 is 0. The SMILES string of the molecule is CC(=O)c1c(C)c2cnc(Nc3ccc(N4CCN(CCOCCC(=O)N5CC6(CCc7cc8c(cc7O6)CN(C6CCCNC6)C8=O)C5)CC4)cn3)nc2n(C2CCCC2)c1=O. The van der Waals surface area contributed by atoms with Crippen LogP contribution in [-0.2, 0) is 22.5 Å². The number of piperazine rings is 1. The molecular weight excluding hydrogens is 801 g/mol. The number of anilines is 3. The Kier molecular flexibility index (Phi) is 11.4. The van der Waals surface area contributed by atoms with Crippen molar-refractivity contribution in [2.24, 2.45) is 0 Å². The van der Waals surface area contributed by atoms with Crippen molar-refractivity contribution in [2.75, 3.05) is 82.3 Å². The van der Waals surface area contributed by atoms with Gasteiger partial charge in [-0.05, 0) is 99.9 Å². The van der Waals surface area contributed by atoms with Gasteiger partial charge in [0.2, 0.25) is 11.9 Å². The zero-order valence-corrected chi connectivity index (χ0v) is 36.5. The van der Waals surface area contributed by atoms with Gasteiger partial charge in [0.1, 0.15) is 22.8 Å². The van der Waals surface area contributed by atoms with E-state index in [9.17, 15) is 19.2 Å². The monoisotopic (exact) mass is 858 g/mol. The topological polar surface area (TPSA) is 167 Å². The lowest BCUT2D eigenvalue weighted by molar-refractivity contribution is -0.154. The molecule has 3 aromatic heterocycles. The molecule has 1 aromatic carbocycles. The molecule has 16 heteroatoms. The molecule has 3 saturated heterocycles. The Morgan fingerprint density at radius 2 is 1.78 bits per heavy atom. The van der Waals surface area contributed by atoms with Crippen molar-refractivity contribution in [2.45, 2.75) is 95.9 Å². The summed E-state index contributed by atoms with van der Waals surface area (Å²) < 4.78 is 14.2. The molecule has 2 N–H and O–H groups in total. The molecule has 1 unspecified atom stereocenters. The highest BCUT2D eigenvalue weighted by molar-refractivity contribution is 6.00. The largest absolute Gasteiger partial charge is 0.483 e. The van der Waals surface area contributed by atoms with E-state index in [-0.39, 0.29) is 46.4 Å². The van der Waals surface area contributed by atoms with Crippen molar-refractivity contribution in [3.05, 3.63) is 74.8 Å². The molecule has 0 bridgehead atoms. The Morgan fingerprint density at radius 1 is 0.968 bits per heavy atom. The third kappa shape index (κ3) is 8.17.